The van der Waals surface area contributed by atoms with Gasteiger partial charge in [0.25, 0.3) is 0 Å². The Balaban J connectivity index is 2.33. The number of hydrogen-bond acceptors (Lipinski definition) is 3. The summed E-state index contributed by atoms with van der Waals surface area (Å²) in [5.74, 6) is 1.48. The number of hydrogen-bond donors (Lipinski definition) is 0. The van der Waals surface area contributed by atoms with E-state index in [0.29, 0.717) is 22.1 Å². The van der Waals surface area contributed by atoms with Gasteiger partial charge < -0.3 is 9.15 Å². The second-order valence-corrected chi connectivity index (χ2v) is 4.20. The van der Waals surface area contributed by atoms with Crippen LogP contribution in [0.5, 0.6) is 5.75 Å². The molecule has 94 valence electrons. The monoisotopic (exact) mass is 264 g/mol. The first-order valence-corrected chi connectivity index (χ1v) is 6.00. The molecule has 0 spiro atoms. The van der Waals surface area contributed by atoms with E-state index in [1.807, 2.05) is 6.92 Å². The van der Waals surface area contributed by atoms with Crippen molar-refractivity contribution in [2.75, 3.05) is 7.11 Å². The van der Waals surface area contributed by atoms with Gasteiger partial charge in [-0.15, -0.1) is 0 Å². The summed E-state index contributed by atoms with van der Waals surface area (Å²) in [6, 6.07) is 8.41. The molecule has 18 heavy (non-hydrogen) atoms. The van der Waals surface area contributed by atoms with Gasteiger partial charge in [-0.1, -0.05) is 18.5 Å². The van der Waals surface area contributed by atoms with Gasteiger partial charge in [0.15, 0.2) is 5.76 Å². The van der Waals surface area contributed by atoms with Crippen molar-refractivity contribution in [3.8, 4) is 5.75 Å². The molecule has 1 aromatic carbocycles. The van der Waals surface area contributed by atoms with Crippen molar-refractivity contribution in [2.45, 2.75) is 13.3 Å². The average molecular weight is 265 g/mol. The summed E-state index contributed by atoms with van der Waals surface area (Å²) in [5.41, 5.74) is 0.412. The van der Waals surface area contributed by atoms with Crippen LogP contribution in [0.1, 0.15) is 28.8 Å². The third kappa shape index (κ3) is 2.41. The highest BCUT2D eigenvalue weighted by atomic mass is 35.5. The van der Waals surface area contributed by atoms with E-state index in [-0.39, 0.29) is 5.78 Å². The molecule has 4 heteroatoms. The Kier molecular flexibility index (Phi) is 3.72. The van der Waals surface area contributed by atoms with Gasteiger partial charge in [0.2, 0.25) is 5.78 Å². The van der Waals surface area contributed by atoms with Gasteiger partial charge in [0, 0.05) is 12.0 Å². The Hall–Kier alpha value is -1.74. The number of methoxy groups -OCH3 is 1. The molecule has 2 rings (SSSR count). The fourth-order valence-corrected chi connectivity index (χ4v) is 1.89. The summed E-state index contributed by atoms with van der Waals surface area (Å²) in [6.07, 6.45) is 0.754. The fraction of sp³-hybridized carbons (Fsp3) is 0.214. The molecule has 0 fully saturated rings. The lowest BCUT2D eigenvalue weighted by Crippen LogP contribution is -2.00. The van der Waals surface area contributed by atoms with Gasteiger partial charge in [0.1, 0.15) is 11.5 Å². The number of benzene rings is 1. The topological polar surface area (TPSA) is 39.4 Å². The van der Waals surface area contributed by atoms with Crippen LogP contribution >= 0.6 is 11.6 Å². The maximum atomic E-state index is 12.2. The summed E-state index contributed by atoms with van der Waals surface area (Å²) >= 11 is 6.05. The predicted molar refractivity (Wildman–Crippen MR) is 69.5 cm³/mol. The molecule has 0 atom stereocenters. The molecule has 1 heterocycles. The first kappa shape index (κ1) is 12.7. The van der Waals surface area contributed by atoms with Gasteiger partial charge in [-0.05, 0) is 30.3 Å². The summed E-state index contributed by atoms with van der Waals surface area (Å²) in [4.78, 5) is 12.2. The zero-order valence-corrected chi connectivity index (χ0v) is 11.0. The maximum absolute atomic E-state index is 12.2. The minimum Gasteiger partial charge on any atom is -0.497 e. The molecule has 0 aliphatic heterocycles. The van der Waals surface area contributed by atoms with Gasteiger partial charge in [0.05, 0.1) is 12.1 Å². The summed E-state index contributed by atoms with van der Waals surface area (Å²) in [7, 11) is 1.55. The zero-order valence-electron chi connectivity index (χ0n) is 10.2. The molecule has 0 bridgehead atoms. The maximum Gasteiger partial charge on any atom is 0.229 e. The molecule has 0 unspecified atom stereocenters. The smallest absolute Gasteiger partial charge is 0.229 e. The number of rotatable bonds is 4. The highest BCUT2D eigenvalue weighted by Crippen LogP contribution is 2.25. The molecule has 0 N–H and O–H groups in total. The van der Waals surface area contributed by atoms with E-state index >= 15 is 0 Å². The number of ether oxygens (including phenoxy) is 1. The average Bonchev–Trinajstić information content (AvgIpc) is 2.86. The van der Waals surface area contributed by atoms with E-state index < -0.39 is 0 Å². The fourth-order valence-electron chi connectivity index (χ4n) is 1.63. The summed E-state index contributed by atoms with van der Waals surface area (Å²) < 4.78 is 10.5. The van der Waals surface area contributed by atoms with E-state index in [1.165, 1.54) is 0 Å². The van der Waals surface area contributed by atoms with Gasteiger partial charge >= 0.3 is 0 Å². The van der Waals surface area contributed by atoms with Crippen molar-refractivity contribution in [3.63, 3.8) is 0 Å². The van der Waals surface area contributed by atoms with Crippen LogP contribution in [0.4, 0.5) is 0 Å². The van der Waals surface area contributed by atoms with E-state index in [1.54, 1.807) is 37.4 Å². The first-order chi connectivity index (χ1) is 8.65. The third-order valence-corrected chi connectivity index (χ3v) is 2.97. The number of halogens is 1. The van der Waals surface area contributed by atoms with Crippen molar-refractivity contribution in [3.05, 3.63) is 52.4 Å². The Bertz CT molecular complexity index is 572. The van der Waals surface area contributed by atoms with Crippen molar-refractivity contribution >= 4 is 17.4 Å². The molecular formula is C14H13ClO3. The van der Waals surface area contributed by atoms with Gasteiger partial charge in [-0.3, -0.25) is 4.79 Å². The third-order valence-electron chi connectivity index (χ3n) is 2.65. The number of aryl methyl sites for hydroxylation is 1. The van der Waals surface area contributed by atoms with Crippen LogP contribution in [0, 0.1) is 0 Å². The van der Waals surface area contributed by atoms with Crippen molar-refractivity contribution in [1.29, 1.82) is 0 Å². The second-order valence-electron chi connectivity index (χ2n) is 3.79. The van der Waals surface area contributed by atoms with Crippen LogP contribution in [0.2, 0.25) is 5.02 Å². The molecule has 0 amide bonds. The number of carbonyl (C=O) groups excluding carboxylic acids is 1. The lowest BCUT2D eigenvalue weighted by atomic mass is 10.1. The summed E-state index contributed by atoms with van der Waals surface area (Å²) in [6.45, 7) is 1.97. The van der Waals surface area contributed by atoms with Crippen LogP contribution < -0.4 is 4.74 Å². The second kappa shape index (κ2) is 5.27. The van der Waals surface area contributed by atoms with E-state index in [0.717, 1.165) is 12.2 Å². The summed E-state index contributed by atoms with van der Waals surface area (Å²) in [5, 5.41) is 0.355. The van der Waals surface area contributed by atoms with Crippen LogP contribution in [-0.4, -0.2) is 12.9 Å². The molecule has 2 aromatic rings. The van der Waals surface area contributed by atoms with Gasteiger partial charge in [-0.25, -0.2) is 0 Å². The van der Waals surface area contributed by atoms with Crippen molar-refractivity contribution in [2.24, 2.45) is 0 Å². The van der Waals surface area contributed by atoms with E-state index in [2.05, 4.69) is 0 Å². The number of carbonyl (C=O) groups is 1. The van der Waals surface area contributed by atoms with Crippen LogP contribution in [-0.2, 0) is 6.42 Å². The highest BCUT2D eigenvalue weighted by Gasteiger charge is 2.16. The molecule has 0 aliphatic rings. The SMILES string of the molecule is CCc1ccc(C(=O)c2ccc(OC)cc2Cl)o1. The van der Waals surface area contributed by atoms with E-state index in [9.17, 15) is 4.79 Å². The van der Waals surface area contributed by atoms with Crippen molar-refractivity contribution < 1.29 is 13.9 Å². The van der Waals surface area contributed by atoms with Crippen LogP contribution in [0.15, 0.2) is 34.7 Å². The van der Waals surface area contributed by atoms with Gasteiger partial charge in [-0.2, -0.15) is 0 Å². The Morgan fingerprint density at radius 2 is 2.11 bits per heavy atom. The Morgan fingerprint density at radius 3 is 2.67 bits per heavy atom. The van der Waals surface area contributed by atoms with Crippen molar-refractivity contribution in [1.82, 2.24) is 0 Å². The molecule has 0 saturated carbocycles. The normalized spacial score (nSPS) is 10.4. The molecular weight excluding hydrogens is 252 g/mol. The predicted octanol–water partition coefficient (Wildman–Crippen LogP) is 3.74. The van der Waals surface area contributed by atoms with Crippen LogP contribution in [0.25, 0.3) is 0 Å². The molecule has 0 aliphatic carbocycles. The molecule has 1 aromatic heterocycles. The van der Waals surface area contributed by atoms with E-state index in [4.69, 9.17) is 20.8 Å². The highest BCUT2D eigenvalue weighted by molar-refractivity contribution is 6.35. The quantitative estimate of drug-likeness (QED) is 0.790. The van der Waals surface area contributed by atoms with Crippen LogP contribution in [0.3, 0.4) is 0 Å². The lowest BCUT2D eigenvalue weighted by Gasteiger charge is -2.04. The largest absolute Gasteiger partial charge is 0.497 e. The minimum absolute atomic E-state index is 0.220. The first-order valence-electron chi connectivity index (χ1n) is 5.62. The zero-order chi connectivity index (χ0) is 13.1. The standard InChI is InChI=1S/C14H13ClO3/c1-3-9-5-7-13(18-9)14(16)11-6-4-10(17-2)8-12(11)15/h4-8H,3H2,1-2H3. The minimum atomic E-state index is -0.220. The number of furan rings is 1. The molecule has 3 nitrogen and oxygen atoms in total. The number of ketones is 1. The lowest BCUT2D eigenvalue weighted by molar-refractivity contribution is 0.101. The molecule has 0 radical (unpaired) electrons. The Morgan fingerprint density at radius 1 is 1.33 bits per heavy atom. The Labute approximate surface area is 110 Å². The molecule has 0 saturated heterocycles.